The molecule has 0 fully saturated rings. The van der Waals surface area contributed by atoms with Gasteiger partial charge in [0, 0.05) is 18.0 Å². The van der Waals surface area contributed by atoms with Crippen LogP contribution in [-0.4, -0.2) is 33.0 Å². The van der Waals surface area contributed by atoms with Gasteiger partial charge in [-0.15, -0.1) is 0 Å². The Kier molecular flexibility index (Phi) is 7.45. The van der Waals surface area contributed by atoms with E-state index in [9.17, 15) is 13.2 Å². The summed E-state index contributed by atoms with van der Waals surface area (Å²) in [6.07, 6.45) is 4.51. The number of hydrogen-bond acceptors (Lipinski definition) is 6. The third-order valence-electron chi connectivity index (χ3n) is 4.25. The van der Waals surface area contributed by atoms with Crippen LogP contribution in [0.2, 0.25) is 0 Å². The monoisotopic (exact) mass is 453 g/mol. The first kappa shape index (κ1) is 22.8. The summed E-state index contributed by atoms with van der Waals surface area (Å²) in [6, 6.07) is 16.1. The van der Waals surface area contributed by atoms with Gasteiger partial charge in [-0.25, -0.2) is 13.4 Å². The number of hydrogen-bond donors (Lipinski definition) is 2. The number of anilines is 2. The lowest BCUT2D eigenvalue weighted by Crippen LogP contribution is -2.14. The number of aromatic nitrogens is 1. The van der Waals surface area contributed by atoms with Crippen molar-refractivity contribution in [2.45, 2.75) is 11.8 Å². The van der Waals surface area contributed by atoms with E-state index in [1.807, 2.05) is 13.0 Å². The second-order valence-electron chi connectivity index (χ2n) is 6.51. The van der Waals surface area contributed by atoms with E-state index < -0.39 is 10.0 Å². The van der Waals surface area contributed by atoms with E-state index in [0.717, 1.165) is 5.56 Å². The number of rotatable bonds is 9. The maximum Gasteiger partial charge on any atom is 0.263 e. The van der Waals surface area contributed by atoms with Crippen molar-refractivity contribution < 1.29 is 22.7 Å². The molecule has 8 nitrogen and oxygen atoms in total. The Balaban J connectivity index is 1.63. The van der Waals surface area contributed by atoms with Crippen molar-refractivity contribution in [1.29, 1.82) is 0 Å². The Hall–Kier alpha value is -3.85. The van der Waals surface area contributed by atoms with Gasteiger partial charge < -0.3 is 14.8 Å². The molecular weight excluding hydrogens is 430 g/mol. The minimum absolute atomic E-state index is 0.0539. The highest BCUT2D eigenvalue weighted by Crippen LogP contribution is 2.28. The summed E-state index contributed by atoms with van der Waals surface area (Å²) in [5.41, 5.74) is 1.23. The Morgan fingerprint density at radius 3 is 2.50 bits per heavy atom. The van der Waals surface area contributed by atoms with Crippen LogP contribution in [0.3, 0.4) is 0 Å². The summed E-state index contributed by atoms with van der Waals surface area (Å²) >= 11 is 0. The van der Waals surface area contributed by atoms with Gasteiger partial charge >= 0.3 is 0 Å². The number of methoxy groups -OCH3 is 1. The standard InChI is InChI=1S/C23H23N3O5S/c1-3-31-20-13-7-17(16-21(20)30-2)8-14-23(27)25-18-9-11-19(12-10-18)32(28,29)26-22-6-4-5-15-24-22/h4-16H,3H2,1-2H3,(H,24,26)(H,25,27)/b14-8+. The Morgan fingerprint density at radius 2 is 1.84 bits per heavy atom. The van der Waals surface area contributed by atoms with Crippen LogP contribution in [0.1, 0.15) is 12.5 Å². The molecule has 3 aromatic rings. The van der Waals surface area contributed by atoms with Gasteiger partial charge in [0.2, 0.25) is 5.91 Å². The quantitative estimate of drug-likeness (QED) is 0.475. The maximum atomic E-state index is 12.4. The summed E-state index contributed by atoms with van der Waals surface area (Å²) in [4.78, 5) is 16.2. The first-order valence-corrected chi connectivity index (χ1v) is 11.2. The van der Waals surface area contributed by atoms with Crippen LogP contribution in [0.25, 0.3) is 6.08 Å². The molecule has 2 N–H and O–H groups in total. The van der Waals surface area contributed by atoms with E-state index in [-0.39, 0.29) is 16.6 Å². The minimum Gasteiger partial charge on any atom is -0.493 e. The van der Waals surface area contributed by atoms with E-state index in [4.69, 9.17) is 9.47 Å². The number of pyridine rings is 1. The van der Waals surface area contributed by atoms with E-state index >= 15 is 0 Å². The largest absolute Gasteiger partial charge is 0.493 e. The average molecular weight is 454 g/mol. The normalized spacial score (nSPS) is 11.2. The third-order valence-corrected chi connectivity index (χ3v) is 5.62. The summed E-state index contributed by atoms with van der Waals surface area (Å²) in [5.74, 6) is 1.07. The van der Waals surface area contributed by atoms with Crippen molar-refractivity contribution in [1.82, 2.24) is 4.98 Å². The predicted molar refractivity (Wildman–Crippen MR) is 123 cm³/mol. The molecule has 1 amide bonds. The highest BCUT2D eigenvalue weighted by molar-refractivity contribution is 7.92. The molecule has 0 unspecified atom stereocenters. The van der Waals surface area contributed by atoms with Crippen molar-refractivity contribution >= 4 is 33.5 Å². The second kappa shape index (κ2) is 10.5. The molecule has 166 valence electrons. The van der Waals surface area contributed by atoms with Gasteiger partial charge in [-0.05, 0) is 67.1 Å². The molecule has 1 aromatic heterocycles. The maximum absolute atomic E-state index is 12.4. The Labute approximate surface area is 187 Å². The molecule has 2 aromatic carbocycles. The van der Waals surface area contributed by atoms with Gasteiger partial charge in [0.15, 0.2) is 11.5 Å². The number of sulfonamides is 1. The lowest BCUT2D eigenvalue weighted by atomic mass is 10.2. The molecule has 1 heterocycles. The van der Waals surface area contributed by atoms with Gasteiger partial charge in [-0.3, -0.25) is 9.52 Å². The van der Waals surface area contributed by atoms with Gasteiger partial charge in [-0.1, -0.05) is 12.1 Å². The Morgan fingerprint density at radius 1 is 1.06 bits per heavy atom. The summed E-state index contributed by atoms with van der Waals surface area (Å²) in [5, 5.41) is 2.69. The second-order valence-corrected chi connectivity index (χ2v) is 8.19. The van der Waals surface area contributed by atoms with Crippen LogP contribution >= 0.6 is 0 Å². The number of nitrogens with zero attached hydrogens (tertiary/aromatic N) is 1. The van der Waals surface area contributed by atoms with E-state index in [1.165, 1.54) is 36.5 Å². The first-order valence-electron chi connectivity index (χ1n) is 9.75. The van der Waals surface area contributed by atoms with Crippen LogP contribution in [0.4, 0.5) is 11.5 Å². The van der Waals surface area contributed by atoms with E-state index in [0.29, 0.717) is 23.8 Å². The fourth-order valence-corrected chi connectivity index (χ4v) is 3.76. The summed E-state index contributed by atoms with van der Waals surface area (Å²) < 4.78 is 38.1. The number of ether oxygens (including phenoxy) is 2. The SMILES string of the molecule is CCOc1ccc(/C=C/C(=O)Nc2ccc(S(=O)(=O)Nc3ccccn3)cc2)cc1OC. The zero-order valence-electron chi connectivity index (χ0n) is 17.6. The zero-order valence-corrected chi connectivity index (χ0v) is 18.4. The number of carbonyl (C=O) groups excluding carboxylic acids is 1. The van der Waals surface area contributed by atoms with Crippen molar-refractivity contribution in [3.63, 3.8) is 0 Å². The van der Waals surface area contributed by atoms with Crippen LogP contribution in [0.5, 0.6) is 11.5 Å². The molecule has 0 saturated carbocycles. The van der Waals surface area contributed by atoms with Crippen LogP contribution in [-0.2, 0) is 14.8 Å². The van der Waals surface area contributed by atoms with Gasteiger partial charge in [-0.2, -0.15) is 0 Å². The molecule has 0 spiro atoms. The van der Waals surface area contributed by atoms with Crippen molar-refractivity contribution in [2.24, 2.45) is 0 Å². The molecule has 0 bridgehead atoms. The fourth-order valence-electron chi connectivity index (χ4n) is 2.76. The van der Waals surface area contributed by atoms with Crippen LogP contribution in [0, 0.1) is 0 Å². The smallest absolute Gasteiger partial charge is 0.263 e. The molecule has 32 heavy (non-hydrogen) atoms. The lowest BCUT2D eigenvalue weighted by molar-refractivity contribution is -0.111. The fraction of sp³-hybridized carbons (Fsp3) is 0.130. The van der Waals surface area contributed by atoms with Crippen molar-refractivity contribution in [3.8, 4) is 11.5 Å². The lowest BCUT2D eigenvalue weighted by Gasteiger charge is -2.09. The molecule has 9 heteroatoms. The van der Waals surface area contributed by atoms with Crippen molar-refractivity contribution in [3.05, 3.63) is 78.5 Å². The molecule has 0 aliphatic heterocycles. The summed E-state index contributed by atoms with van der Waals surface area (Å²) in [6.45, 7) is 2.41. The third kappa shape index (κ3) is 6.08. The van der Waals surface area contributed by atoms with Crippen LogP contribution in [0.15, 0.2) is 77.8 Å². The Bertz CT molecular complexity index is 1190. The molecule has 0 atom stereocenters. The molecule has 0 radical (unpaired) electrons. The van der Waals surface area contributed by atoms with E-state index in [1.54, 1.807) is 43.5 Å². The van der Waals surface area contributed by atoms with Gasteiger partial charge in [0.1, 0.15) is 5.82 Å². The average Bonchev–Trinajstić information content (AvgIpc) is 2.79. The van der Waals surface area contributed by atoms with E-state index in [2.05, 4.69) is 15.0 Å². The van der Waals surface area contributed by atoms with Crippen molar-refractivity contribution in [2.75, 3.05) is 23.8 Å². The zero-order chi connectivity index (χ0) is 23.0. The molecular formula is C23H23N3O5S. The number of carbonyl (C=O) groups is 1. The molecule has 3 rings (SSSR count). The molecule has 0 saturated heterocycles. The first-order chi connectivity index (χ1) is 15.4. The molecule has 0 aliphatic rings. The van der Waals surface area contributed by atoms with Gasteiger partial charge in [0.05, 0.1) is 18.6 Å². The molecule has 0 aliphatic carbocycles. The predicted octanol–water partition coefficient (Wildman–Crippen LogP) is 3.94. The summed E-state index contributed by atoms with van der Waals surface area (Å²) in [7, 11) is -2.23. The van der Waals surface area contributed by atoms with Crippen LogP contribution < -0.4 is 19.5 Å². The highest BCUT2D eigenvalue weighted by Gasteiger charge is 2.14. The number of nitrogens with one attached hydrogen (secondary N) is 2. The minimum atomic E-state index is -3.78. The highest BCUT2D eigenvalue weighted by atomic mass is 32.2. The number of benzene rings is 2. The topological polar surface area (TPSA) is 107 Å². The van der Waals surface area contributed by atoms with Gasteiger partial charge in [0.25, 0.3) is 10.0 Å². The number of amides is 1.